The maximum atomic E-state index is 12.0. The van der Waals surface area contributed by atoms with Gasteiger partial charge in [0.25, 0.3) is 0 Å². The molecule has 18 heavy (non-hydrogen) atoms. The average Bonchev–Trinajstić information content (AvgIpc) is 2.77. The Hall–Kier alpha value is -1.59. The fourth-order valence-electron chi connectivity index (χ4n) is 2.12. The minimum absolute atomic E-state index is 0.125. The van der Waals surface area contributed by atoms with E-state index >= 15 is 0 Å². The van der Waals surface area contributed by atoms with Crippen molar-refractivity contribution < 1.29 is 9.53 Å². The summed E-state index contributed by atoms with van der Waals surface area (Å²) in [5.41, 5.74) is 6.38. The summed E-state index contributed by atoms with van der Waals surface area (Å²) in [7, 11) is 1.62. The number of benzene rings is 1. The lowest BCUT2D eigenvalue weighted by Gasteiger charge is -2.28. The molecule has 1 aromatic rings. The zero-order chi connectivity index (χ0) is 13.0. The van der Waals surface area contributed by atoms with Crippen LogP contribution in [0.1, 0.15) is 12.8 Å². The van der Waals surface area contributed by atoms with Gasteiger partial charge < -0.3 is 10.5 Å². The first kappa shape index (κ1) is 12.9. The van der Waals surface area contributed by atoms with Crippen LogP contribution in [0, 0.1) is 0 Å². The van der Waals surface area contributed by atoms with Crippen LogP contribution in [0.4, 0.5) is 5.69 Å². The molecule has 1 amide bonds. The SMILES string of the molecule is COc1cccc(N2C(=O)CCN2CCCN)c1. The Bertz CT molecular complexity index is 422. The number of hydrazine groups is 1. The van der Waals surface area contributed by atoms with E-state index in [0.717, 1.165) is 30.9 Å². The number of nitrogens with zero attached hydrogens (tertiary/aromatic N) is 2. The maximum Gasteiger partial charge on any atom is 0.242 e. The highest BCUT2D eigenvalue weighted by atomic mass is 16.5. The summed E-state index contributed by atoms with van der Waals surface area (Å²) in [5, 5.41) is 3.78. The molecule has 1 aliphatic rings. The van der Waals surface area contributed by atoms with Crippen molar-refractivity contribution in [3.63, 3.8) is 0 Å². The van der Waals surface area contributed by atoms with Crippen LogP contribution in [0.5, 0.6) is 5.75 Å². The molecule has 0 atom stereocenters. The number of hydrogen-bond acceptors (Lipinski definition) is 4. The van der Waals surface area contributed by atoms with Crippen molar-refractivity contribution in [2.45, 2.75) is 12.8 Å². The van der Waals surface area contributed by atoms with Crippen LogP contribution >= 0.6 is 0 Å². The largest absolute Gasteiger partial charge is 0.497 e. The van der Waals surface area contributed by atoms with E-state index in [9.17, 15) is 4.79 Å². The Kier molecular flexibility index (Phi) is 4.17. The maximum absolute atomic E-state index is 12.0. The summed E-state index contributed by atoms with van der Waals surface area (Å²) in [5.74, 6) is 0.881. The third-order valence-electron chi connectivity index (χ3n) is 3.02. The number of methoxy groups -OCH3 is 1. The Morgan fingerprint density at radius 1 is 1.44 bits per heavy atom. The molecule has 0 spiro atoms. The highest BCUT2D eigenvalue weighted by molar-refractivity contribution is 5.94. The first-order chi connectivity index (χ1) is 8.76. The second kappa shape index (κ2) is 5.84. The second-order valence-corrected chi connectivity index (χ2v) is 4.25. The minimum Gasteiger partial charge on any atom is -0.497 e. The highest BCUT2D eigenvalue weighted by Gasteiger charge is 2.29. The summed E-state index contributed by atoms with van der Waals surface area (Å²) in [6.07, 6.45) is 1.44. The molecule has 0 aliphatic carbocycles. The van der Waals surface area contributed by atoms with Gasteiger partial charge in [-0.3, -0.25) is 4.79 Å². The first-order valence-electron chi connectivity index (χ1n) is 6.18. The number of nitrogens with two attached hydrogens (primary N) is 1. The molecule has 2 rings (SSSR count). The highest BCUT2D eigenvalue weighted by Crippen LogP contribution is 2.26. The van der Waals surface area contributed by atoms with E-state index < -0.39 is 0 Å². The predicted octanol–water partition coefficient (Wildman–Crippen LogP) is 0.998. The van der Waals surface area contributed by atoms with E-state index in [1.807, 2.05) is 29.3 Å². The number of amides is 1. The molecule has 5 nitrogen and oxygen atoms in total. The lowest BCUT2D eigenvalue weighted by atomic mass is 10.3. The van der Waals surface area contributed by atoms with Crippen molar-refractivity contribution in [1.29, 1.82) is 0 Å². The number of anilines is 1. The van der Waals surface area contributed by atoms with Crippen molar-refractivity contribution in [3.05, 3.63) is 24.3 Å². The summed E-state index contributed by atoms with van der Waals surface area (Å²) in [6.45, 7) is 2.20. The molecule has 0 bridgehead atoms. The normalized spacial score (nSPS) is 16.3. The molecule has 5 heteroatoms. The molecule has 1 aliphatic heterocycles. The quantitative estimate of drug-likeness (QED) is 0.845. The molecule has 0 unspecified atom stereocenters. The number of rotatable bonds is 5. The lowest BCUT2D eigenvalue weighted by Crippen LogP contribution is -2.40. The van der Waals surface area contributed by atoms with E-state index in [0.29, 0.717) is 13.0 Å². The van der Waals surface area contributed by atoms with Gasteiger partial charge in [0.1, 0.15) is 5.75 Å². The van der Waals surface area contributed by atoms with E-state index in [4.69, 9.17) is 10.5 Å². The van der Waals surface area contributed by atoms with Crippen molar-refractivity contribution in [2.75, 3.05) is 31.8 Å². The minimum atomic E-state index is 0.125. The van der Waals surface area contributed by atoms with E-state index in [1.165, 1.54) is 0 Å². The molecular formula is C13H19N3O2. The van der Waals surface area contributed by atoms with Crippen LogP contribution in [-0.4, -0.2) is 37.7 Å². The number of hydrogen-bond donors (Lipinski definition) is 1. The van der Waals surface area contributed by atoms with E-state index in [2.05, 4.69) is 0 Å². The standard InChI is InChI=1S/C13H19N3O2/c1-18-12-5-2-4-11(10-12)16-13(17)6-9-15(16)8-3-7-14/h2,4-5,10H,3,6-9,14H2,1H3. The fourth-order valence-corrected chi connectivity index (χ4v) is 2.12. The Balaban J connectivity index is 2.19. The van der Waals surface area contributed by atoms with Gasteiger partial charge in [0.2, 0.25) is 5.91 Å². The molecule has 0 aromatic heterocycles. The van der Waals surface area contributed by atoms with Crippen molar-refractivity contribution in [2.24, 2.45) is 5.73 Å². The van der Waals surface area contributed by atoms with Crippen LogP contribution in [-0.2, 0) is 4.79 Å². The zero-order valence-electron chi connectivity index (χ0n) is 10.6. The summed E-state index contributed by atoms with van der Waals surface area (Å²) < 4.78 is 5.19. The molecule has 1 fully saturated rings. The molecular weight excluding hydrogens is 230 g/mol. The van der Waals surface area contributed by atoms with Gasteiger partial charge in [-0.05, 0) is 25.1 Å². The van der Waals surface area contributed by atoms with Gasteiger partial charge in [0, 0.05) is 25.6 Å². The molecule has 0 saturated carbocycles. The Morgan fingerprint density at radius 2 is 2.28 bits per heavy atom. The van der Waals surface area contributed by atoms with Gasteiger partial charge in [-0.2, -0.15) is 0 Å². The van der Waals surface area contributed by atoms with Crippen LogP contribution in [0.3, 0.4) is 0 Å². The van der Waals surface area contributed by atoms with Gasteiger partial charge >= 0.3 is 0 Å². The second-order valence-electron chi connectivity index (χ2n) is 4.25. The Morgan fingerprint density at radius 3 is 3.00 bits per heavy atom. The number of carbonyl (C=O) groups excluding carboxylic acids is 1. The molecule has 1 aromatic carbocycles. The summed E-state index contributed by atoms with van der Waals surface area (Å²) in [4.78, 5) is 12.0. The van der Waals surface area contributed by atoms with Gasteiger partial charge in [-0.1, -0.05) is 6.07 Å². The van der Waals surface area contributed by atoms with Crippen molar-refractivity contribution in [1.82, 2.24) is 5.01 Å². The van der Waals surface area contributed by atoms with Crippen molar-refractivity contribution >= 4 is 11.6 Å². The molecule has 1 heterocycles. The lowest BCUT2D eigenvalue weighted by molar-refractivity contribution is -0.118. The van der Waals surface area contributed by atoms with Gasteiger partial charge in [0.15, 0.2) is 0 Å². The molecule has 98 valence electrons. The van der Waals surface area contributed by atoms with Crippen LogP contribution in [0.25, 0.3) is 0 Å². The van der Waals surface area contributed by atoms with E-state index in [1.54, 1.807) is 12.1 Å². The first-order valence-corrected chi connectivity index (χ1v) is 6.18. The topological polar surface area (TPSA) is 58.8 Å². The van der Waals surface area contributed by atoms with Crippen LogP contribution in [0.15, 0.2) is 24.3 Å². The van der Waals surface area contributed by atoms with E-state index in [-0.39, 0.29) is 5.91 Å². The molecule has 0 radical (unpaired) electrons. The van der Waals surface area contributed by atoms with Crippen LogP contribution in [0.2, 0.25) is 0 Å². The predicted molar refractivity (Wildman–Crippen MR) is 70.3 cm³/mol. The summed E-state index contributed by atoms with van der Waals surface area (Å²) in [6, 6.07) is 7.55. The van der Waals surface area contributed by atoms with Crippen molar-refractivity contribution in [3.8, 4) is 5.75 Å². The molecule has 2 N–H and O–H groups in total. The number of ether oxygens (including phenoxy) is 1. The average molecular weight is 249 g/mol. The van der Waals surface area contributed by atoms with Gasteiger partial charge in [0.05, 0.1) is 12.8 Å². The smallest absolute Gasteiger partial charge is 0.242 e. The molecule has 1 saturated heterocycles. The fraction of sp³-hybridized carbons (Fsp3) is 0.462. The summed E-state index contributed by atoms with van der Waals surface area (Å²) >= 11 is 0. The van der Waals surface area contributed by atoms with Gasteiger partial charge in [-0.15, -0.1) is 0 Å². The number of carbonyl (C=O) groups is 1. The Labute approximate surface area is 107 Å². The van der Waals surface area contributed by atoms with Gasteiger partial charge in [-0.25, -0.2) is 10.0 Å². The van der Waals surface area contributed by atoms with Crippen LogP contribution < -0.4 is 15.5 Å². The third-order valence-corrected chi connectivity index (χ3v) is 3.02. The zero-order valence-corrected chi connectivity index (χ0v) is 10.6. The third kappa shape index (κ3) is 2.63. The monoisotopic (exact) mass is 249 g/mol.